The van der Waals surface area contributed by atoms with Gasteiger partial charge in [-0.1, -0.05) is 60.7 Å². The Morgan fingerprint density at radius 1 is 0.955 bits per heavy atom. The molecular weight excluding hydrogens is 280 g/mol. The summed E-state index contributed by atoms with van der Waals surface area (Å²) in [6.45, 7) is 0.122. The standard InChI is InChI=1S/C17H17N2O3/c18-16(20)15(11-13-7-3-1-4-8-13)19-17(21)22-12-14-9-5-2-6-10-14/h1-10,15,18H,11-12H2,(H,19,21). The summed E-state index contributed by atoms with van der Waals surface area (Å²) in [6, 6.07) is 17.6. The number of hydrogen-bond donors (Lipinski definition) is 1. The van der Waals surface area contributed by atoms with Crippen molar-refractivity contribution in [1.29, 1.82) is 0 Å². The highest BCUT2D eigenvalue weighted by Crippen LogP contribution is 2.05. The van der Waals surface area contributed by atoms with E-state index in [0.29, 0.717) is 0 Å². The average Bonchev–Trinajstić information content (AvgIpc) is 2.54. The third-order valence-electron chi connectivity index (χ3n) is 3.10. The monoisotopic (exact) mass is 297 g/mol. The molecule has 0 saturated heterocycles. The number of carbonyl (C=O) groups excluding carboxylic acids is 2. The van der Waals surface area contributed by atoms with Gasteiger partial charge in [0.15, 0.2) is 0 Å². The lowest BCUT2D eigenvalue weighted by Crippen LogP contribution is -2.43. The third-order valence-corrected chi connectivity index (χ3v) is 3.10. The zero-order valence-electron chi connectivity index (χ0n) is 12.0. The molecule has 2 N–H and O–H groups in total. The molecule has 0 aromatic heterocycles. The molecule has 113 valence electrons. The molecule has 2 aromatic carbocycles. The van der Waals surface area contributed by atoms with Crippen molar-refractivity contribution in [2.24, 2.45) is 0 Å². The van der Waals surface area contributed by atoms with E-state index in [1.807, 2.05) is 60.7 Å². The van der Waals surface area contributed by atoms with Crippen LogP contribution in [0, 0.1) is 0 Å². The zero-order chi connectivity index (χ0) is 15.8. The average molecular weight is 297 g/mol. The molecule has 0 aliphatic heterocycles. The van der Waals surface area contributed by atoms with Crippen LogP contribution < -0.4 is 11.1 Å². The van der Waals surface area contributed by atoms with E-state index >= 15 is 0 Å². The van der Waals surface area contributed by atoms with Crippen molar-refractivity contribution in [2.75, 3.05) is 0 Å². The van der Waals surface area contributed by atoms with Gasteiger partial charge in [-0.2, -0.15) is 0 Å². The maximum Gasteiger partial charge on any atom is 0.408 e. The summed E-state index contributed by atoms with van der Waals surface area (Å²) in [5.74, 6) is -0.847. The maximum atomic E-state index is 11.8. The van der Waals surface area contributed by atoms with Crippen LogP contribution in [0.3, 0.4) is 0 Å². The van der Waals surface area contributed by atoms with Crippen molar-refractivity contribution in [3.63, 3.8) is 0 Å². The summed E-state index contributed by atoms with van der Waals surface area (Å²) in [4.78, 5) is 23.1. The lowest BCUT2D eigenvalue weighted by Gasteiger charge is -2.15. The van der Waals surface area contributed by atoms with Gasteiger partial charge in [-0.05, 0) is 11.1 Å². The number of amides is 2. The summed E-state index contributed by atoms with van der Waals surface area (Å²) >= 11 is 0. The Morgan fingerprint density at radius 3 is 2.05 bits per heavy atom. The van der Waals surface area contributed by atoms with Gasteiger partial charge in [0.2, 0.25) is 0 Å². The molecule has 0 aliphatic rings. The summed E-state index contributed by atoms with van der Waals surface area (Å²) in [6.07, 6.45) is -0.436. The topological polar surface area (TPSA) is 79.2 Å². The molecular formula is C17H17N2O3. The second-order valence-corrected chi connectivity index (χ2v) is 4.81. The second kappa shape index (κ2) is 7.83. The van der Waals surface area contributed by atoms with Crippen LogP contribution in [0.5, 0.6) is 0 Å². The van der Waals surface area contributed by atoms with E-state index in [2.05, 4.69) is 5.32 Å². The van der Waals surface area contributed by atoms with Gasteiger partial charge in [0.1, 0.15) is 12.6 Å². The molecule has 0 fully saturated rings. The first-order valence-electron chi connectivity index (χ1n) is 6.92. The SMILES string of the molecule is [NH]C(=O)C(Cc1ccccc1)NC(=O)OCc1ccccc1. The van der Waals surface area contributed by atoms with Crippen molar-refractivity contribution >= 4 is 12.0 Å². The first-order valence-corrected chi connectivity index (χ1v) is 6.92. The Bertz CT molecular complexity index is 614. The smallest absolute Gasteiger partial charge is 0.408 e. The van der Waals surface area contributed by atoms with Crippen LogP contribution in [-0.4, -0.2) is 18.0 Å². The molecule has 2 amide bonds. The van der Waals surface area contributed by atoms with Gasteiger partial charge < -0.3 is 10.1 Å². The van der Waals surface area contributed by atoms with Gasteiger partial charge in [-0.25, -0.2) is 4.79 Å². The molecule has 0 heterocycles. The molecule has 0 aliphatic carbocycles. The van der Waals surface area contributed by atoms with Gasteiger partial charge in [0.25, 0.3) is 5.91 Å². The highest BCUT2D eigenvalue weighted by molar-refractivity contribution is 5.83. The lowest BCUT2D eigenvalue weighted by molar-refractivity contribution is -0.120. The highest BCUT2D eigenvalue weighted by Gasteiger charge is 2.19. The first kappa shape index (κ1) is 15.6. The van der Waals surface area contributed by atoms with Crippen molar-refractivity contribution in [2.45, 2.75) is 19.1 Å². The molecule has 5 nitrogen and oxygen atoms in total. The van der Waals surface area contributed by atoms with Crippen LogP contribution in [0.15, 0.2) is 60.7 Å². The molecule has 0 bridgehead atoms. The Hall–Kier alpha value is -2.82. The van der Waals surface area contributed by atoms with Crippen molar-refractivity contribution in [1.82, 2.24) is 11.1 Å². The Balaban J connectivity index is 1.88. The van der Waals surface area contributed by atoms with Crippen molar-refractivity contribution < 1.29 is 14.3 Å². The van der Waals surface area contributed by atoms with Gasteiger partial charge >= 0.3 is 6.09 Å². The first-order chi connectivity index (χ1) is 10.6. The molecule has 0 saturated carbocycles. The number of ether oxygens (including phenoxy) is 1. The Morgan fingerprint density at radius 2 is 1.50 bits per heavy atom. The van der Waals surface area contributed by atoms with Gasteiger partial charge in [-0.3, -0.25) is 10.5 Å². The fourth-order valence-electron chi connectivity index (χ4n) is 1.97. The Kier molecular flexibility index (Phi) is 5.54. The molecule has 2 rings (SSSR count). The normalized spacial score (nSPS) is 11.5. The van der Waals surface area contributed by atoms with E-state index in [4.69, 9.17) is 10.5 Å². The van der Waals surface area contributed by atoms with E-state index in [1.165, 1.54) is 0 Å². The number of alkyl carbamates (subject to hydrolysis) is 1. The van der Waals surface area contributed by atoms with Crippen LogP contribution in [0.25, 0.3) is 0 Å². The summed E-state index contributed by atoms with van der Waals surface area (Å²) < 4.78 is 5.06. The molecule has 1 radical (unpaired) electrons. The van der Waals surface area contributed by atoms with Crippen LogP contribution in [0.1, 0.15) is 11.1 Å². The molecule has 5 heteroatoms. The fraction of sp³-hybridized carbons (Fsp3) is 0.176. The number of benzene rings is 2. The molecule has 0 spiro atoms. The number of nitrogens with one attached hydrogen (secondary N) is 2. The van der Waals surface area contributed by atoms with Crippen LogP contribution in [0.4, 0.5) is 4.79 Å². The van der Waals surface area contributed by atoms with E-state index < -0.39 is 18.0 Å². The number of hydrogen-bond acceptors (Lipinski definition) is 3. The molecule has 22 heavy (non-hydrogen) atoms. The van der Waals surface area contributed by atoms with Crippen molar-refractivity contribution in [3.8, 4) is 0 Å². The van der Waals surface area contributed by atoms with Gasteiger partial charge in [-0.15, -0.1) is 0 Å². The van der Waals surface area contributed by atoms with E-state index in [1.54, 1.807) is 0 Å². The minimum atomic E-state index is -0.911. The van der Waals surface area contributed by atoms with Crippen LogP contribution in [0.2, 0.25) is 0 Å². The molecule has 1 unspecified atom stereocenters. The van der Waals surface area contributed by atoms with Gasteiger partial charge in [0, 0.05) is 6.42 Å². The largest absolute Gasteiger partial charge is 0.445 e. The minimum Gasteiger partial charge on any atom is -0.445 e. The summed E-state index contributed by atoms with van der Waals surface area (Å²) in [7, 11) is 0. The van der Waals surface area contributed by atoms with Crippen molar-refractivity contribution in [3.05, 3.63) is 71.8 Å². The molecule has 2 aromatic rings. The van der Waals surface area contributed by atoms with E-state index in [0.717, 1.165) is 11.1 Å². The number of carbonyl (C=O) groups is 2. The predicted molar refractivity (Wildman–Crippen MR) is 81.8 cm³/mol. The van der Waals surface area contributed by atoms with E-state index in [-0.39, 0.29) is 13.0 Å². The fourth-order valence-corrected chi connectivity index (χ4v) is 1.97. The summed E-state index contributed by atoms with van der Waals surface area (Å²) in [5.41, 5.74) is 8.99. The lowest BCUT2D eigenvalue weighted by atomic mass is 10.1. The highest BCUT2D eigenvalue weighted by atomic mass is 16.5. The molecule has 1 atom stereocenters. The van der Waals surface area contributed by atoms with Crippen LogP contribution >= 0.6 is 0 Å². The van der Waals surface area contributed by atoms with Gasteiger partial charge in [0.05, 0.1) is 0 Å². The van der Waals surface area contributed by atoms with E-state index in [9.17, 15) is 9.59 Å². The summed E-state index contributed by atoms with van der Waals surface area (Å²) in [5, 5.41) is 2.44. The third kappa shape index (κ3) is 4.94. The number of rotatable bonds is 6. The second-order valence-electron chi connectivity index (χ2n) is 4.81. The maximum absolute atomic E-state index is 11.8. The zero-order valence-corrected chi connectivity index (χ0v) is 12.0. The quantitative estimate of drug-likeness (QED) is 0.888. The minimum absolute atomic E-state index is 0.122. The predicted octanol–water partition coefficient (Wildman–Crippen LogP) is 2.33. The van der Waals surface area contributed by atoms with Crippen LogP contribution in [-0.2, 0) is 22.6 Å². The Labute approximate surface area is 129 Å².